The summed E-state index contributed by atoms with van der Waals surface area (Å²) in [5, 5.41) is 27.3. The maximum Gasteiger partial charge on any atom is 2.00 e. The van der Waals surface area contributed by atoms with Crippen molar-refractivity contribution in [3.8, 4) is 0 Å². The molecule has 0 aliphatic rings. The second-order valence-corrected chi connectivity index (χ2v) is 1.41. The largest absolute Gasteiger partial charge is 2.00 e. The standard InChI is InChI=1S/C4H6O5.Ba/c5-2(4(8)9)1-3(6)7;/h2,5H,1H2,(H,6,7)(H,8,9);/q;+2/p-2/t2-;/m0./s1. The molecule has 5 nitrogen and oxygen atoms in total. The zero-order chi connectivity index (χ0) is 7.44. The Bertz CT molecular complexity index is 134. The summed E-state index contributed by atoms with van der Waals surface area (Å²) in [7, 11) is 0. The van der Waals surface area contributed by atoms with Gasteiger partial charge in [0.2, 0.25) is 0 Å². The molecule has 0 aliphatic carbocycles. The number of carbonyl (C=O) groups is 2. The second-order valence-electron chi connectivity index (χ2n) is 1.41. The molecule has 0 heterocycles. The van der Waals surface area contributed by atoms with Gasteiger partial charge in [-0.25, -0.2) is 0 Å². The van der Waals surface area contributed by atoms with Gasteiger partial charge in [0.1, 0.15) is 0 Å². The number of carboxylic acid groups (broad SMARTS) is 2. The third kappa shape index (κ3) is 6.59. The van der Waals surface area contributed by atoms with Gasteiger partial charge in [0.25, 0.3) is 0 Å². The summed E-state index contributed by atoms with van der Waals surface area (Å²) in [6, 6.07) is 0. The second kappa shape index (κ2) is 6.20. The monoisotopic (exact) mass is 270 g/mol. The third-order valence-electron chi connectivity index (χ3n) is 0.632. The molecule has 1 atom stereocenters. The Morgan fingerprint density at radius 3 is 1.90 bits per heavy atom. The van der Waals surface area contributed by atoms with E-state index in [1.54, 1.807) is 0 Å². The normalized spacial score (nSPS) is 11.3. The number of aliphatic hydroxyl groups excluding tert-OH is 1. The molecule has 0 spiro atoms. The van der Waals surface area contributed by atoms with Crippen LogP contribution < -0.4 is 10.2 Å². The van der Waals surface area contributed by atoms with Gasteiger partial charge < -0.3 is 24.9 Å². The number of aliphatic hydroxyl groups is 1. The van der Waals surface area contributed by atoms with E-state index in [-0.39, 0.29) is 48.9 Å². The molecule has 0 unspecified atom stereocenters. The van der Waals surface area contributed by atoms with Crippen LogP contribution >= 0.6 is 0 Å². The Hall–Kier alpha value is 0.471. The number of carboxylic acids is 2. The quantitative estimate of drug-likeness (QED) is 0.524. The number of carbonyl (C=O) groups excluding carboxylic acids is 2. The van der Waals surface area contributed by atoms with Gasteiger partial charge in [-0.15, -0.1) is 0 Å². The van der Waals surface area contributed by atoms with Gasteiger partial charge in [-0.2, -0.15) is 0 Å². The minimum Gasteiger partial charge on any atom is -0.550 e. The van der Waals surface area contributed by atoms with E-state index in [2.05, 4.69) is 0 Å². The zero-order valence-corrected chi connectivity index (χ0v) is 9.51. The predicted molar refractivity (Wildman–Crippen MR) is 26.4 cm³/mol. The Labute approximate surface area is 97.1 Å². The summed E-state index contributed by atoms with van der Waals surface area (Å²) < 4.78 is 0. The molecule has 0 rings (SSSR count). The van der Waals surface area contributed by atoms with Crippen molar-refractivity contribution in [3.63, 3.8) is 0 Å². The molecular formula is C4H4BaO5. The van der Waals surface area contributed by atoms with Gasteiger partial charge in [-0.1, -0.05) is 0 Å². The first-order chi connectivity index (χ1) is 4.04. The van der Waals surface area contributed by atoms with E-state index in [4.69, 9.17) is 5.11 Å². The summed E-state index contributed by atoms with van der Waals surface area (Å²) in [5.74, 6) is -3.43. The fraction of sp³-hybridized carbons (Fsp3) is 0.500. The smallest absolute Gasteiger partial charge is 0.550 e. The first-order valence-corrected chi connectivity index (χ1v) is 2.13. The van der Waals surface area contributed by atoms with Crippen molar-refractivity contribution in [1.82, 2.24) is 0 Å². The molecule has 0 aromatic heterocycles. The Morgan fingerprint density at radius 1 is 1.40 bits per heavy atom. The topological polar surface area (TPSA) is 100 Å². The zero-order valence-electron chi connectivity index (χ0n) is 5.07. The molecule has 0 aromatic carbocycles. The maximum atomic E-state index is 9.58. The predicted octanol–water partition coefficient (Wildman–Crippen LogP) is -4.14. The molecular weight excluding hydrogens is 265 g/mol. The summed E-state index contributed by atoms with van der Waals surface area (Å²) in [6.45, 7) is 0. The summed E-state index contributed by atoms with van der Waals surface area (Å²) >= 11 is 0. The van der Waals surface area contributed by atoms with E-state index in [0.717, 1.165) is 0 Å². The van der Waals surface area contributed by atoms with Gasteiger partial charge >= 0.3 is 48.9 Å². The van der Waals surface area contributed by atoms with Crippen LogP contribution in [-0.2, 0) is 9.59 Å². The van der Waals surface area contributed by atoms with Gasteiger partial charge in [0.15, 0.2) is 0 Å². The van der Waals surface area contributed by atoms with Crippen LogP contribution in [-0.4, -0.2) is 72.0 Å². The van der Waals surface area contributed by atoms with Crippen LogP contribution in [0.25, 0.3) is 0 Å². The molecule has 0 amide bonds. The minimum atomic E-state index is -1.96. The van der Waals surface area contributed by atoms with Gasteiger partial charge in [-0.05, 0) is 0 Å². The molecule has 0 bridgehead atoms. The summed E-state index contributed by atoms with van der Waals surface area (Å²) in [6.07, 6.45) is -2.89. The van der Waals surface area contributed by atoms with E-state index in [1.165, 1.54) is 0 Å². The Balaban J connectivity index is 0. The fourth-order valence-corrected chi connectivity index (χ4v) is 0.241. The third-order valence-corrected chi connectivity index (χ3v) is 0.632. The van der Waals surface area contributed by atoms with Gasteiger partial charge in [0, 0.05) is 12.4 Å². The average Bonchev–Trinajstić information content (AvgIpc) is 1.63. The van der Waals surface area contributed by atoms with Crippen molar-refractivity contribution in [3.05, 3.63) is 0 Å². The van der Waals surface area contributed by atoms with Gasteiger partial charge in [-0.3, -0.25) is 0 Å². The molecule has 0 aromatic rings. The van der Waals surface area contributed by atoms with Crippen LogP contribution in [0.2, 0.25) is 0 Å². The molecule has 0 radical (unpaired) electrons. The minimum absolute atomic E-state index is 0. The maximum absolute atomic E-state index is 9.58. The average molecular weight is 269 g/mol. The van der Waals surface area contributed by atoms with Crippen LogP contribution in [0, 0.1) is 0 Å². The number of hydrogen-bond acceptors (Lipinski definition) is 5. The van der Waals surface area contributed by atoms with Crippen molar-refractivity contribution in [2.45, 2.75) is 12.5 Å². The van der Waals surface area contributed by atoms with Crippen molar-refractivity contribution in [1.29, 1.82) is 0 Å². The molecule has 6 heteroatoms. The van der Waals surface area contributed by atoms with E-state index in [1.807, 2.05) is 0 Å². The van der Waals surface area contributed by atoms with E-state index in [0.29, 0.717) is 0 Å². The molecule has 10 heavy (non-hydrogen) atoms. The molecule has 0 saturated carbocycles. The molecule has 0 aliphatic heterocycles. The van der Waals surface area contributed by atoms with Crippen LogP contribution in [0.5, 0.6) is 0 Å². The van der Waals surface area contributed by atoms with Crippen LogP contribution in [0.3, 0.4) is 0 Å². The molecule has 0 saturated heterocycles. The number of aliphatic carboxylic acids is 2. The van der Waals surface area contributed by atoms with Crippen molar-refractivity contribution in [2.75, 3.05) is 0 Å². The SMILES string of the molecule is O=C([O-])C[C@H](O)C(=O)[O-].[Ba+2]. The van der Waals surface area contributed by atoms with E-state index in [9.17, 15) is 19.8 Å². The first-order valence-electron chi connectivity index (χ1n) is 2.13. The summed E-state index contributed by atoms with van der Waals surface area (Å²) in [5.41, 5.74) is 0. The first kappa shape index (κ1) is 13.1. The molecule has 1 N–H and O–H groups in total. The van der Waals surface area contributed by atoms with Crippen molar-refractivity contribution in [2.24, 2.45) is 0 Å². The molecule has 52 valence electrons. The summed E-state index contributed by atoms with van der Waals surface area (Å²) in [4.78, 5) is 19.1. The Kier molecular flexibility index (Phi) is 8.11. The van der Waals surface area contributed by atoms with Crippen molar-refractivity contribution >= 4 is 60.8 Å². The number of rotatable bonds is 3. The van der Waals surface area contributed by atoms with Crippen LogP contribution in [0.1, 0.15) is 6.42 Å². The Morgan fingerprint density at radius 2 is 1.80 bits per heavy atom. The van der Waals surface area contributed by atoms with E-state index >= 15 is 0 Å². The van der Waals surface area contributed by atoms with E-state index < -0.39 is 24.5 Å². The van der Waals surface area contributed by atoms with Crippen molar-refractivity contribution < 1.29 is 24.9 Å². The number of hydrogen-bond donors (Lipinski definition) is 1. The molecule has 0 fully saturated rings. The van der Waals surface area contributed by atoms with Crippen LogP contribution in [0.15, 0.2) is 0 Å². The van der Waals surface area contributed by atoms with Gasteiger partial charge in [0.05, 0.1) is 12.1 Å². The fourth-order valence-electron chi connectivity index (χ4n) is 0.241. The van der Waals surface area contributed by atoms with Crippen LogP contribution in [0.4, 0.5) is 0 Å².